The van der Waals surface area contributed by atoms with Crippen molar-refractivity contribution in [1.82, 2.24) is 15.1 Å². The Kier molecular flexibility index (Phi) is 6.79. The molecule has 0 unspecified atom stereocenters. The molecule has 0 radical (unpaired) electrons. The fourth-order valence-corrected chi connectivity index (χ4v) is 2.85. The fourth-order valence-electron chi connectivity index (χ4n) is 2.57. The smallest absolute Gasteiger partial charge is 0.251 e. The first-order valence-corrected chi connectivity index (χ1v) is 9.32. The van der Waals surface area contributed by atoms with Gasteiger partial charge in [0.1, 0.15) is 18.1 Å². The van der Waals surface area contributed by atoms with Crippen molar-refractivity contribution in [3.8, 4) is 11.5 Å². The second-order valence-corrected chi connectivity index (χ2v) is 6.82. The highest BCUT2D eigenvalue weighted by atomic mass is 35.5. The number of aromatic nitrogens is 2. The van der Waals surface area contributed by atoms with Crippen molar-refractivity contribution < 1.29 is 14.3 Å². The van der Waals surface area contributed by atoms with Crippen LogP contribution in [0, 0.1) is 0 Å². The van der Waals surface area contributed by atoms with E-state index >= 15 is 0 Å². The van der Waals surface area contributed by atoms with Crippen LogP contribution in [0.2, 0.25) is 10.0 Å². The van der Waals surface area contributed by atoms with Crippen LogP contribution in [0.4, 0.5) is 0 Å². The largest absolute Gasteiger partial charge is 0.496 e. The van der Waals surface area contributed by atoms with Crippen molar-refractivity contribution in [2.24, 2.45) is 0 Å². The van der Waals surface area contributed by atoms with E-state index in [1.165, 1.54) is 0 Å². The Labute approximate surface area is 173 Å². The highest BCUT2D eigenvalue weighted by Gasteiger charge is 2.11. The van der Waals surface area contributed by atoms with E-state index in [1.807, 2.05) is 0 Å². The molecular weight excluding hydrogens is 401 g/mol. The molecule has 1 N–H and O–H groups in total. The number of rotatable bonds is 8. The van der Waals surface area contributed by atoms with Gasteiger partial charge < -0.3 is 14.8 Å². The van der Waals surface area contributed by atoms with Crippen LogP contribution in [0.25, 0.3) is 0 Å². The predicted molar refractivity (Wildman–Crippen MR) is 108 cm³/mol. The number of hydrogen-bond donors (Lipinski definition) is 1. The quantitative estimate of drug-likeness (QED) is 0.593. The Hall–Kier alpha value is -2.70. The molecule has 28 heavy (non-hydrogen) atoms. The van der Waals surface area contributed by atoms with Gasteiger partial charge in [-0.05, 0) is 42.5 Å². The van der Waals surface area contributed by atoms with Gasteiger partial charge in [0, 0.05) is 28.9 Å². The van der Waals surface area contributed by atoms with Crippen LogP contribution >= 0.6 is 23.2 Å². The van der Waals surface area contributed by atoms with Crippen molar-refractivity contribution >= 4 is 29.1 Å². The lowest BCUT2D eigenvalue weighted by molar-refractivity contribution is 0.0951. The summed E-state index contributed by atoms with van der Waals surface area (Å²) in [4.78, 5) is 12.4. The lowest BCUT2D eigenvalue weighted by atomic mass is 10.1. The summed E-state index contributed by atoms with van der Waals surface area (Å²) in [5.74, 6) is 1.14. The Morgan fingerprint density at radius 2 is 1.93 bits per heavy atom. The molecule has 0 spiro atoms. The molecule has 1 aromatic heterocycles. The maximum atomic E-state index is 12.4. The van der Waals surface area contributed by atoms with Gasteiger partial charge in [0.05, 0.1) is 24.9 Å². The highest BCUT2D eigenvalue weighted by Crippen LogP contribution is 2.23. The zero-order valence-corrected chi connectivity index (χ0v) is 16.7. The summed E-state index contributed by atoms with van der Waals surface area (Å²) in [5.41, 5.74) is 1.29. The van der Waals surface area contributed by atoms with Crippen LogP contribution in [0.15, 0.2) is 54.9 Å². The third kappa shape index (κ3) is 5.41. The lowest BCUT2D eigenvalue weighted by Crippen LogP contribution is -2.27. The van der Waals surface area contributed by atoms with E-state index in [2.05, 4.69) is 10.4 Å². The van der Waals surface area contributed by atoms with Gasteiger partial charge in [-0.25, -0.2) is 0 Å². The first kappa shape index (κ1) is 20.0. The number of nitrogens with one attached hydrogen (secondary N) is 1. The van der Waals surface area contributed by atoms with Crippen LogP contribution in [0.3, 0.4) is 0 Å². The molecule has 0 bridgehead atoms. The molecular formula is C20H19Cl2N3O3. The van der Waals surface area contributed by atoms with Gasteiger partial charge in [-0.3, -0.25) is 9.48 Å². The average molecular weight is 420 g/mol. The Bertz CT molecular complexity index is 942. The second-order valence-electron chi connectivity index (χ2n) is 5.95. The third-order valence-electron chi connectivity index (χ3n) is 3.98. The number of carbonyl (C=O) groups is 1. The highest BCUT2D eigenvalue weighted by molar-refractivity contribution is 6.30. The molecule has 0 aliphatic carbocycles. The van der Waals surface area contributed by atoms with Gasteiger partial charge >= 0.3 is 0 Å². The number of hydrogen-bond acceptors (Lipinski definition) is 4. The first-order chi connectivity index (χ1) is 13.5. The van der Waals surface area contributed by atoms with E-state index in [0.29, 0.717) is 40.2 Å². The zero-order chi connectivity index (χ0) is 19.9. The van der Waals surface area contributed by atoms with E-state index in [1.54, 1.807) is 66.6 Å². The molecule has 0 saturated carbocycles. The molecule has 6 nitrogen and oxygen atoms in total. The van der Waals surface area contributed by atoms with Crippen molar-refractivity contribution in [2.75, 3.05) is 13.7 Å². The van der Waals surface area contributed by atoms with Crippen molar-refractivity contribution in [2.45, 2.75) is 13.2 Å². The number of ether oxygens (including phenoxy) is 2. The standard InChI is InChI=1S/C20H19Cl2N3O3/c1-27-19-7-2-14(20(26)23-8-9-25-12-17(22)11-24-25)10-15(19)13-28-18-5-3-16(21)4-6-18/h2-7,10-12H,8-9,13H2,1H3,(H,23,26). The van der Waals surface area contributed by atoms with Crippen LogP contribution in [0.1, 0.15) is 15.9 Å². The van der Waals surface area contributed by atoms with Crippen LogP contribution in [-0.2, 0) is 13.2 Å². The molecule has 0 saturated heterocycles. The van der Waals surface area contributed by atoms with E-state index in [0.717, 1.165) is 5.56 Å². The fraction of sp³-hybridized carbons (Fsp3) is 0.200. The lowest BCUT2D eigenvalue weighted by Gasteiger charge is -2.12. The van der Waals surface area contributed by atoms with E-state index in [9.17, 15) is 4.79 Å². The number of methoxy groups -OCH3 is 1. The molecule has 8 heteroatoms. The first-order valence-electron chi connectivity index (χ1n) is 8.56. The molecule has 0 aliphatic heterocycles. The number of nitrogens with zero attached hydrogens (tertiary/aromatic N) is 2. The molecule has 0 fully saturated rings. The summed E-state index contributed by atoms with van der Waals surface area (Å²) in [6.07, 6.45) is 3.26. The zero-order valence-electron chi connectivity index (χ0n) is 15.2. The third-order valence-corrected chi connectivity index (χ3v) is 4.43. The van der Waals surface area contributed by atoms with E-state index < -0.39 is 0 Å². The van der Waals surface area contributed by atoms with Crippen molar-refractivity contribution in [3.05, 3.63) is 76.0 Å². The molecule has 146 valence electrons. The van der Waals surface area contributed by atoms with Gasteiger partial charge in [0.2, 0.25) is 0 Å². The summed E-state index contributed by atoms with van der Waals surface area (Å²) in [6, 6.07) is 12.3. The minimum Gasteiger partial charge on any atom is -0.496 e. The summed E-state index contributed by atoms with van der Waals surface area (Å²) in [6.45, 7) is 1.22. The summed E-state index contributed by atoms with van der Waals surface area (Å²) in [5, 5.41) is 8.14. The topological polar surface area (TPSA) is 65.4 Å². The minimum absolute atomic E-state index is 0.186. The van der Waals surface area contributed by atoms with Crippen molar-refractivity contribution in [3.63, 3.8) is 0 Å². The molecule has 0 aliphatic rings. The molecule has 3 rings (SSSR count). The molecule has 3 aromatic rings. The number of benzene rings is 2. The van der Waals surface area contributed by atoms with Gasteiger partial charge in [-0.15, -0.1) is 0 Å². The minimum atomic E-state index is -0.186. The number of halogens is 2. The van der Waals surface area contributed by atoms with Gasteiger partial charge in [-0.2, -0.15) is 5.10 Å². The van der Waals surface area contributed by atoms with E-state index in [-0.39, 0.29) is 12.5 Å². The summed E-state index contributed by atoms with van der Waals surface area (Å²) >= 11 is 11.7. The SMILES string of the molecule is COc1ccc(C(=O)NCCn2cc(Cl)cn2)cc1COc1ccc(Cl)cc1. The predicted octanol–water partition coefficient (Wildman–Crippen LogP) is 4.21. The number of amides is 1. The van der Waals surface area contributed by atoms with Crippen LogP contribution < -0.4 is 14.8 Å². The van der Waals surface area contributed by atoms with Crippen LogP contribution in [0.5, 0.6) is 11.5 Å². The molecule has 1 heterocycles. The molecule has 2 aromatic carbocycles. The second kappa shape index (κ2) is 9.48. The van der Waals surface area contributed by atoms with Gasteiger partial charge in [0.25, 0.3) is 5.91 Å². The van der Waals surface area contributed by atoms with Gasteiger partial charge in [-0.1, -0.05) is 23.2 Å². The monoisotopic (exact) mass is 419 g/mol. The van der Waals surface area contributed by atoms with Crippen molar-refractivity contribution in [1.29, 1.82) is 0 Å². The molecule has 1 amide bonds. The maximum absolute atomic E-state index is 12.4. The number of carbonyl (C=O) groups excluding carboxylic acids is 1. The average Bonchev–Trinajstić information content (AvgIpc) is 3.12. The Morgan fingerprint density at radius 3 is 2.61 bits per heavy atom. The summed E-state index contributed by atoms with van der Waals surface area (Å²) < 4.78 is 12.8. The Balaban J connectivity index is 1.61. The van der Waals surface area contributed by atoms with Crippen LogP contribution in [-0.4, -0.2) is 29.3 Å². The molecule has 0 atom stereocenters. The van der Waals surface area contributed by atoms with Gasteiger partial charge in [0.15, 0.2) is 0 Å². The Morgan fingerprint density at radius 1 is 1.14 bits per heavy atom. The normalized spacial score (nSPS) is 10.5. The maximum Gasteiger partial charge on any atom is 0.251 e. The summed E-state index contributed by atoms with van der Waals surface area (Å²) in [7, 11) is 1.58. The van der Waals surface area contributed by atoms with E-state index in [4.69, 9.17) is 32.7 Å².